The van der Waals surface area contributed by atoms with Crippen LogP contribution in [0.15, 0.2) is 41.1 Å². The molecule has 0 aromatic heterocycles. The lowest BCUT2D eigenvalue weighted by atomic mass is 9.85. The van der Waals surface area contributed by atoms with Crippen LogP contribution < -0.4 is 5.73 Å². The molecule has 0 aromatic rings. The molecule has 1 rings (SSSR count). The molecule has 0 spiro atoms. The van der Waals surface area contributed by atoms with Crippen molar-refractivity contribution in [1.29, 1.82) is 5.41 Å². The van der Waals surface area contributed by atoms with Crippen molar-refractivity contribution in [3.63, 3.8) is 0 Å². The first-order chi connectivity index (χ1) is 12.7. The van der Waals surface area contributed by atoms with Crippen molar-refractivity contribution in [3.8, 4) is 0 Å². The van der Waals surface area contributed by atoms with Gasteiger partial charge in [0, 0.05) is 19.0 Å². The SMILES string of the molecule is C=C(OCC1CN(C(=O)CSC(=N)CN=CN)C1)/C(=C\C=C/C)C(C)(C)C. The first kappa shape index (κ1) is 23.0. The minimum absolute atomic E-state index is 0.0416. The van der Waals surface area contributed by atoms with Crippen molar-refractivity contribution in [2.24, 2.45) is 22.1 Å². The van der Waals surface area contributed by atoms with E-state index in [1.165, 1.54) is 18.1 Å². The molecule has 6 nitrogen and oxygen atoms in total. The van der Waals surface area contributed by atoms with E-state index >= 15 is 0 Å². The molecule has 1 heterocycles. The van der Waals surface area contributed by atoms with E-state index in [1.807, 2.05) is 25.2 Å². The number of hydrogen-bond donors (Lipinski definition) is 2. The van der Waals surface area contributed by atoms with Crippen LogP contribution in [0.3, 0.4) is 0 Å². The van der Waals surface area contributed by atoms with Crippen LogP contribution in [0.5, 0.6) is 0 Å². The molecule has 0 bridgehead atoms. The first-order valence-corrected chi connectivity index (χ1v) is 10.0. The Morgan fingerprint density at radius 1 is 1.44 bits per heavy atom. The van der Waals surface area contributed by atoms with Gasteiger partial charge < -0.3 is 15.4 Å². The Balaban J connectivity index is 2.36. The van der Waals surface area contributed by atoms with Crippen LogP contribution in [0.4, 0.5) is 0 Å². The van der Waals surface area contributed by atoms with Crippen LogP contribution in [-0.4, -0.2) is 54.2 Å². The fourth-order valence-corrected chi connectivity index (χ4v) is 3.20. The average Bonchev–Trinajstić information content (AvgIpc) is 2.55. The normalized spacial score (nSPS) is 16.0. The summed E-state index contributed by atoms with van der Waals surface area (Å²) in [5.74, 6) is 1.31. The zero-order valence-corrected chi connectivity index (χ0v) is 17.6. The quantitative estimate of drug-likeness (QED) is 0.273. The fourth-order valence-electron chi connectivity index (χ4n) is 2.55. The van der Waals surface area contributed by atoms with Gasteiger partial charge in [-0.25, -0.2) is 0 Å². The minimum atomic E-state index is -0.0478. The third-order valence-electron chi connectivity index (χ3n) is 4.08. The van der Waals surface area contributed by atoms with Crippen LogP contribution in [0, 0.1) is 16.7 Å². The lowest BCUT2D eigenvalue weighted by Crippen LogP contribution is -2.52. The molecule has 7 heteroatoms. The third kappa shape index (κ3) is 8.03. The van der Waals surface area contributed by atoms with Crippen molar-refractivity contribution in [2.45, 2.75) is 27.7 Å². The number of nitrogens with one attached hydrogen (secondary N) is 1. The Hall–Kier alpha value is -2.02. The Labute approximate surface area is 167 Å². The summed E-state index contributed by atoms with van der Waals surface area (Å²) in [6.07, 6.45) is 7.19. The van der Waals surface area contributed by atoms with E-state index in [-0.39, 0.29) is 23.6 Å². The lowest BCUT2D eigenvalue weighted by molar-refractivity contribution is -0.135. The van der Waals surface area contributed by atoms with Gasteiger partial charge in [0.25, 0.3) is 0 Å². The maximum absolute atomic E-state index is 12.1. The van der Waals surface area contributed by atoms with Crippen molar-refractivity contribution >= 4 is 29.1 Å². The summed E-state index contributed by atoms with van der Waals surface area (Å²) in [6, 6.07) is 0. The van der Waals surface area contributed by atoms with Gasteiger partial charge in [-0.3, -0.25) is 15.2 Å². The summed E-state index contributed by atoms with van der Waals surface area (Å²) < 4.78 is 5.90. The molecule has 150 valence electrons. The van der Waals surface area contributed by atoms with Gasteiger partial charge >= 0.3 is 0 Å². The predicted octanol–water partition coefficient (Wildman–Crippen LogP) is 3.22. The molecule has 3 N–H and O–H groups in total. The second-order valence-corrected chi connectivity index (χ2v) is 8.53. The number of rotatable bonds is 9. The molecule has 1 fully saturated rings. The van der Waals surface area contributed by atoms with Gasteiger partial charge in [0.2, 0.25) is 5.91 Å². The zero-order valence-electron chi connectivity index (χ0n) is 16.8. The van der Waals surface area contributed by atoms with Crippen molar-refractivity contribution in [1.82, 2.24) is 4.90 Å². The predicted molar refractivity (Wildman–Crippen MR) is 115 cm³/mol. The zero-order chi connectivity index (χ0) is 20.4. The lowest BCUT2D eigenvalue weighted by Gasteiger charge is -2.39. The van der Waals surface area contributed by atoms with Gasteiger partial charge in [-0.2, -0.15) is 0 Å². The summed E-state index contributed by atoms with van der Waals surface area (Å²) in [5, 5.41) is 8.01. The number of carbonyl (C=O) groups excluding carboxylic acids is 1. The summed E-state index contributed by atoms with van der Waals surface area (Å²) in [4.78, 5) is 17.7. The highest BCUT2D eigenvalue weighted by Crippen LogP contribution is 2.32. The van der Waals surface area contributed by atoms with Crippen LogP contribution in [0.1, 0.15) is 27.7 Å². The van der Waals surface area contributed by atoms with Gasteiger partial charge in [0.05, 0.1) is 30.3 Å². The highest BCUT2D eigenvalue weighted by Gasteiger charge is 2.31. The Morgan fingerprint density at radius 3 is 2.67 bits per heavy atom. The topological polar surface area (TPSA) is 91.8 Å². The van der Waals surface area contributed by atoms with E-state index < -0.39 is 0 Å². The number of nitrogens with two attached hydrogens (primary N) is 1. The number of aliphatic imine (C=N–C) groups is 1. The highest BCUT2D eigenvalue weighted by atomic mass is 32.2. The number of nitrogens with zero attached hydrogens (tertiary/aromatic N) is 2. The molecule has 1 amide bonds. The fraction of sp³-hybridized carbons (Fsp3) is 0.550. The van der Waals surface area contributed by atoms with Crippen LogP contribution in [0.2, 0.25) is 0 Å². The summed E-state index contributed by atoms with van der Waals surface area (Å²) >= 11 is 1.20. The number of hydrogen-bond acceptors (Lipinski definition) is 5. The van der Waals surface area contributed by atoms with E-state index in [2.05, 4.69) is 32.3 Å². The molecule has 0 aromatic carbocycles. The van der Waals surface area contributed by atoms with Crippen molar-refractivity contribution < 1.29 is 9.53 Å². The molecular formula is C20H32N4O2S. The van der Waals surface area contributed by atoms with Crippen LogP contribution in [-0.2, 0) is 9.53 Å². The summed E-state index contributed by atoms with van der Waals surface area (Å²) in [5.41, 5.74) is 6.17. The second-order valence-electron chi connectivity index (χ2n) is 7.46. The van der Waals surface area contributed by atoms with E-state index in [0.29, 0.717) is 36.4 Å². The van der Waals surface area contributed by atoms with Gasteiger partial charge in [-0.15, -0.1) is 0 Å². The second kappa shape index (κ2) is 11.0. The average molecular weight is 393 g/mol. The Bertz CT molecular complexity index is 626. The molecular weight excluding hydrogens is 360 g/mol. The maximum atomic E-state index is 12.1. The Morgan fingerprint density at radius 2 is 2.11 bits per heavy atom. The number of thioether (sulfide) groups is 1. The number of ether oxygens (including phenoxy) is 1. The molecule has 1 aliphatic heterocycles. The van der Waals surface area contributed by atoms with Gasteiger partial charge in [-0.05, 0) is 17.9 Å². The standard InChI is InChI=1S/C20H32N4O2S/c1-6-7-8-17(20(3,4)5)15(2)26-12-16-10-24(11-16)19(25)13-27-18(22)9-23-14-21/h6-8,14,16,22H,2,9-13H2,1,3-5H3,(H2,21,23)/b7-6-,17-8+,22-18?. The van der Waals surface area contributed by atoms with E-state index in [1.54, 1.807) is 4.90 Å². The monoisotopic (exact) mass is 392 g/mol. The molecule has 0 radical (unpaired) electrons. The van der Waals surface area contributed by atoms with E-state index in [4.69, 9.17) is 15.9 Å². The number of amides is 1. The number of likely N-dealkylation sites (tertiary alicyclic amines) is 1. The van der Waals surface area contributed by atoms with E-state index in [0.717, 1.165) is 5.57 Å². The summed E-state index contributed by atoms with van der Waals surface area (Å²) in [6.45, 7) is 14.6. The number of carbonyl (C=O) groups is 1. The third-order valence-corrected chi connectivity index (χ3v) is 4.95. The van der Waals surface area contributed by atoms with Gasteiger partial charge in [0.15, 0.2) is 0 Å². The van der Waals surface area contributed by atoms with Gasteiger partial charge in [-0.1, -0.05) is 57.3 Å². The first-order valence-electron chi connectivity index (χ1n) is 9.02. The molecule has 0 aliphatic carbocycles. The molecule has 1 aliphatic rings. The van der Waals surface area contributed by atoms with Crippen LogP contribution in [0.25, 0.3) is 0 Å². The molecule has 0 unspecified atom stereocenters. The molecule has 0 atom stereocenters. The molecule has 1 saturated heterocycles. The largest absolute Gasteiger partial charge is 0.493 e. The minimum Gasteiger partial charge on any atom is -0.493 e. The maximum Gasteiger partial charge on any atom is 0.233 e. The molecule has 27 heavy (non-hydrogen) atoms. The van der Waals surface area contributed by atoms with Crippen molar-refractivity contribution in [2.75, 3.05) is 32.0 Å². The number of allylic oxidation sites excluding steroid dienone is 4. The van der Waals surface area contributed by atoms with Crippen LogP contribution >= 0.6 is 11.8 Å². The summed E-state index contributed by atoms with van der Waals surface area (Å²) in [7, 11) is 0. The van der Waals surface area contributed by atoms with Crippen molar-refractivity contribution in [3.05, 3.63) is 36.1 Å². The molecule has 0 saturated carbocycles. The Kier molecular flexibility index (Phi) is 9.35. The van der Waals surface area contributed by atoms with Gasteiger partial charge in [0.1, 0.15) is 5.76 Å². The smallest absolute Gasteiger partial charge is 0.233 e. The highest BCUT2D eigenvalue weighted by molar-refractivity contribution is 8.14. The van der Waals surface area contributed by atoms with E-state index in [9.17, 15) is 4.79 Å².